The van der Waals surface area contributed by atoms with Crippen LogP contribution in [0.2, 0.25) is 0 Å². The van der Waals surface area contributed by atoms with Crippen LogP contribution in [-0.2, 0) is 15.8 Å². The second-order valence-corrected chi connectivity index (χ2v) is 8.75. The van der Waals surface area contributed by atoms with Gasteiger partial charge in [0.05, 0.1) is 16.7 Å². The first-order valence-electron chi connectivity index (χ1n) is 11.0. The number of aromatic amines is 1. The highest BCUT2D eigenvalue weighted by Crippen LogP contribution is 2.42. The predicted octanol–water partition coefficient (Wildman–Crippen LogP) is 3.81. The van der Waals surface area contributed by atoms with E-state index in [1.807, 2.05) is 24.9 Å². The minimum atomic E-state index is -4.70. The summed E-state index contributed by atoms with van der Waals surface area (Å²) in [5.41, 5.74) is 1.13. The summed E-state index contributed by atoms with van der Waals surface area (Å²) in [6, 6.07) is 9.30. The van der Waals surface area contributed by atoms with Crippen LogP contribution in [0.3, 0.4) is 0 Å². The van der Waals surface area contributed by atoms with Crippen molar-refractivity contribution in [3.63, 3.8) is 0 Å². The number of nitrogens with zero attached hydrogens (tertiary/aromatic N) is 2. The monoisotopic (exact) mass is 468 g/mol. The number of alkyl halides is 3. The number of carbonyl (C=O) groups excluding carboxylic acids is 2. The van der Waals surface area contributed by atoms with Gasteiger partial charge in [-0.3, -0.25) is 14.9 Å². The van der Waals surface area contributed by atoms with E-state index in [1.165, 1.54) is 12.1 Å². The Labute approximate surface area is 194 Å². The Morgan fingerprint density at radius 2 is 1.59 bits per heavy atom. The lowest BCUT2D eigenvalue weighted by atomic mass is 9.91. The number of piperazine rings is 1. The maximum absolute atomic E-state index is 14.1. The van der Waals surface area contributed by atoms with Crippen molar-refractivity contribution in [1.29, 1.82) is 0 Å². The van der Waals surface area contributed by atoms with Crippen LogP contribution >= 0.6 is 0 Å². The molecule has 0 aliphatic carbocycles. The normalized spacial score (nSPS) is 17.7. The van der Waals surface area contributed by atoms with Crippen molar-refractivity contribution < 1.29 is 22.8 Å². The van der Waals surface area contributed by atoms with Crippen molar-refractivity contribution in [2.24, 2.45) is 0 Å². The van der Waals surface area contributed by atoms with Crippen molar-refractivity contribution in [2.75, 3.05) is 38.1 Å². The number of anilines is 1. The summed E-state index contributed by atoms with van der Waals surface area (Å²) in [4.78, 5) is 33.0. The summed E-state index contributed by atoms with van der Waals surface area (Å²) >= 11 is 0. The first-order chi connectivity index (χ1) is 16.1. The van der Waals surface area contributed by atoms with E-state index in [1.54, 1.807) is 18.3 Å². The smallest absolute Gasteiger partial charge is 0.369 e. The zero-order valence-corrected chi connectivity index (χ0v) is 18.7. The molecule has 3 heterocycles. The highest BCUT2D eigenvalue weighted by molar-refractivity contribution is 6.50. The molecule has 1 aromatic heterocycles. The molecule has 0 spiro atoms. The SMILES string of the molecule is Cc1cccc2c(C3=C(c4cc(N5CCN(C)CC5)ccc4C(F)(F)F)C(=O)NC3=O)c[nH]c12. The number of benzene rings is 2. The molecule has 2 N–H and O–H groups in total. The molecule has 0 saturated carbocycles. The largest absolute Gasteiger partial charge is 0.417 e. The van der Waals surface area contributed by atoms with Gasteiger partial charge in [0, 0.05) is 60.1 Å². The fourth-order valence-electron chi connectivity index (χ4n) is 4.73. The van der Waals surface area contributed by atoms with Crippen LogP contribution in [0.15, 0.2) is 42.6 Å². The van der Waals surface area contributed by atoms with E-state index in [0.29, 0.717) is 29.7 Å². The average molecular weight is 468 g/mol. The number of aryl methyl sites for hydroxylation is 1. The number of halogens is 3. The van der Waals surface area contributed by atoms with E-state index in [2.05, 4.69) is 15.2 Å². The Hall–Kier alpha value is -3.59. The quantitative estimate of drug-likeness (QED) is 0.574. The fourth-order valence-corrected chi connectivity index (χ4v) is 4.73. The lowest BCUT2D eigenvalue weighted by molar-refractivity contribution is -0.137. The molecule has 2 aromatic carbocycles. The molecule has 9 heteroatoms. The predicted molar refractivity (Wildman–Crippen MR) is 124 cm³/mol. The summed E-state index contributed by atoms with van der Waals surface area (Å²) in [5, 5.41) is 2.88. The Bertz CT molecular complexity index is 1350. The third-order valence-electron chi connectivity index (χ3n) is 6.57. The number of aromatic nitrogens is 1. The standard InChI is InChI=1S/C25H23F3N4O2/c1-14-4-3-5-16-18(13-29-22(14)16)21-20(23(33)30-24(21)34)17-12-15(6-7-19(17)25(26,27)28)32-10-8-31(2)9-11-32/h3-7,12-13,29H,8-11H2,1-2H3,(H,30,33,34). The van der Waals surface area contributed by atoms with E-state index < -0.39 is 23.6 Å². The zero-order valence-electron chi connectivity index (χ0n) is 18.7. The molecule has 0 atom stereocenters. The summed E-state index contributed by atoms with van der Waals surface area (Å²) in [5.74, 6) is -1.54. The number of H-pyrrole nitrogens is 1. The van der Waals surface area contributed by atoms with Crippen LogP contribution in [0, 0.1) is 6.92 Å². The molecule has 2 aliphatic heterocycles. The lowest BCUT2D eigenvalue weighted by Crippen LogP contribution is -2.44. The maximum Gasteiger partial charge on any atom is 0.417 e. The molecule has 0 unspecified atom stereocenters. The van der Waals surface area contributed by atoms with Crippen LogP contribution < -0.4 is 10.2 Å². The van der Waals surface area contributed by atoms with Crippen LogP contribution in [-0.4, -0.2) is 54.9 Å². The topological polar surface area (TPSA) is 68.4 Å². The number of carbonyl (C=O) groups is 2. The Balaban J connectivity index is 1.74. The third kappa shape index (κ3) is 3.66. The highest BCUT2D eigenvalue weighted by Gasteiger charge is 2.40. The second-order valence-electron chi connectivity index (χ2n) is 8.75. The van der Waals surface area contributed by atoms with Crippen molar-refractivity contribution in [3.05, 3.63) is 64.8 Å². The van der Waals surface area contributed by atoms with Gasteiger partial charge in [0.25, 0.3) is 11.8 Å². The van der Waals surface area contributed by atoms with Crippen molar-refractivity contribution in [3.8, 4) is 0 Å². The van der Waals surface area contributed by atoms with Crippen LogP contribution in [0.1, 0.15) is 22.3 Å². The highest BCUT2D eigenvalue weighted by atomic mass is 19.4. The van der Waals surface area contributed by atoms with Gasteiger partial charge in [-0.25, -0.2) is 0 Å². The van der Waals surface area contributed by atoms with Crippen LogP contribution in [0.25, 0.3) is 22.0 Å². The molecule has 5 rings (SSSR count). The number of nitrogens with one attached hydrogen (secondary N) is 2. The Kier molecular flexibility index (Phi) is 5.24. The van der Waals surface area contributed by atoms with Gasteiger partial charge in [0.15, 0.2) is 0 Å². The van der Waals surface area contributed by atoms with Crippen LogP contribution in [0.4, 0.5) is 18.9 Å². The molecule has 34 heavy (non-hydrogen) atoms. The number of amides is 2. The van der Waals surface area contributed by atoms with Gasteiger partial charge in [-0.1, -0.05) is 18.2 Å². The van der Waals surface area contributed by atoms with Gasteiger partial charge in [-0.05, 0) is 37.7 Å². The first-order valence-corrected chi connectivity index (χ1v) is 11.0. The molecule has 176 valence electrons. The van der Waals surface area contributed by atoms with Gasteiger partial charge >= 0.3 is 6.18 Å². The van der Waals surface area contributed by atoms with E-state index in [9.17, 15) is 22.8 Å². The Morgan fingerprint density at radius 3 is 2.26 bits per heavy atom. The molecular weight excluding hydrogens is 445 g/mol. The van der Waals surface area contributed by atoms with Crippen molar-refractivity contribution in [2.45, 2.75) is 13.1 Å². The lowest BCUT2D eigenvalue weighted by Gasteiger charge is -2.34. The molecule has 3 aromatic rings. The maximum atomic E-state index is 14.1. The van der Waals surface area contributed by atoms with Crippen LogP contribution in [0.5, 0.6) is 0 Å². The summed E-state index contributed by atoms with van der Waals surface area (Å²) in [7, 11) is 1.99. The minimum absolute atomic E-state index is 0.0529. The van der Waals surface area contributed by atoms with E-state index >= 15 is 0 Å². The number of rotatable bonds is 3. The summed E-state index contributed by atoms with van der Waals surface area (Å²) in [6.07, 6.45) is -3.13. The van der Waals surface area contributed by atoms with Gasteiger partial charge in [-0.15, -0.1) is 0 Å². The molecule has 0 bridgehead atoms. The molecular formula is C25H23F3N4O2. The molecule has 0 radical (unpaired) electrons. The summed E-state index contributed by atoms with van der Waals surface area (Å²) in [6.45, 7) is 4.75. The van der Waals surface area contributed by atoms with Gasteiger partial charge in [0.1, 0.15) is 0 Å². The Morgan fingerprint density at radius 1 is 0.912 bits per heavy atom. The van der Waals surface area contributed by atoms with Crippen molar-refractivity contribution >= 4 is 39.6 Å². The number of para-hydroxylation sites is 1. The molecule has 2 aliphatic rings. The van der Waals surface area contributed by atoms with Gasteiger partial charge in [0.2, 0.25) is 0 Å². The van der Waals surface area contributed by atoms with Gasteiger partial charge in [-0.2, -0.15) is 13.2 Å². The fraction of sp³-hybridized carbons (Fsp3) is 0.280. The van der Waals surface area contributed by atoms with E-state index in [0.717, 1.165) is 30.2 Å². The molecule has 1 fully saturated rings. The number of likely N-dealkylation sites (N-methyl/N-ethyl adjacent to an activating group) is 1. The molecule has 2 amide bonds. The first kappa shape index (κ1) is 22.2. The molecule has 6 nitrogen and oxygen atoms in total. The minimum Gasteiger partial charge on any atom is -0.369 e. The third-order valence-corrected chi connectivity index (χ3v) is 6.57. The number of hydrogen-bond donors (Lipinski definition) is 2. The molecule has 1 saturated heterocycles. The number of hydrogen-bond acceptors (Lipinski definition) is 4. The summed E-state index contributed by atoms with van der Waals surface area (Å²) < 4.78 is 42.2. The average Bonchev–Trinajstić information content (AvgIpc) is 3.33. The zero-order chi connectivity index (χ0) is 24.2. The van der Waals surface area contributed by atoms with Gasteiger partial charge < -0.3 is 14.8 Å². The number of fused-ring (bicyclic) bond motifs is 1. The van der Waals surface area contributed by atoms with Crippen molar-refractivity contribution in [1.82, 2.24) is 15.2 Å². The second kappa shape index (κ2) is 8.02. The number of imide groups is 1. The van der Waals surface area contributed by atoms with E-state index in [4.69, 9.17) is 0 Å². The van der Waals surface area contributed by atoms with E-state index in [-0.39, 0.29) is 16.7 Å².